The molecule has 0 aromatic carbocycles. The first-order valence-corrected chi connectivity index (χ1v) is 5.88. The third-order valence-corrected chi connectivity index (χ3v) is 1.44. The van der Waals surface area contributed by atoms with E-state index in [0.29, 0.717) is 6.61 Å². The smallest absolute Gasteiger partial charge is 0.759 e. The molecule has 0 aliphatic heterocycles. The van der Waals surface area contributed by atoms with E-state index in [1.54, 1.807) is 0 Å². The van der Waals surface area contributed by atoms with E-state index in [9.17, 15) is 0 Å². The van der Waals surface area contributed by atoms with Crippen LogP contribution in [0.15, 0.2) is 0 Å². The van der Waals surface area contributed by atoms with Crippen LogP contribution in [0.5, 0.6) is 0 Å². The summed E-state index contributed by atoms with van der Waals surface area (Å²) in [6.45, 7) is 4.83. The minimum absolute atomic E-state index is 0. The average molecular weight is 304 g/mol. The SMILES string of the molecule is CC(C)CCCCCO.O=S(=O)([O-])[O-].[K+].[K+]. The Bertz CT molecular complexity index is 198. The van der Waals surface area contributed by atoms with E-state index in [1.807, 2.05) is 0 Å². The summed E-state index contributed by atoms with van der Waals surface area (Å²) in [4.78, 5) is 0. The molecule has 8 heteroatoms. The maximum Gasteiger partial charge on any atom is 1.00 e. The maximum atomic E-state index is 8.52. The van der Waals surface area contributed by atoms with Crippen molar-refractivity contribution >= 4 is 10.4 Å². The molecule has 0 saturated carbocycles. The van der Waals surface area contributed by atoms with Crippen molar-refractivity contribution in [3.8, 4) is 0 Å². The van der Waals surface area contributed by atoms with E-state index >= 15 is 0 Å². The van der Waals surface area contributed by atoms with Crippen molar-refractivity contribution in [1.82, 2.24) is 0 Å². The topological polar surface area (TPSA) is 100 Å². The fourth-order valence-electron chi connectivity index (χ4n) is 0.841. The largest absolute Gasteiger partial charge is 1.00 e. The van der Waals surface area contributed by atoms with Gasteiger partial charge < -0.3 is 14.2 Å². The molecule has 0 rings (SSSR count). The second-order valence-electron chi connectivity index (χ2n) is 3.38. The van der Waals surface area contributed by atoms with Gasteiger partial charge in [-0.25, -0.2) is 0 Å². The van der Waals surface area contributed by atoms with E-state index in [4.69, 9.17) is 22.6 Å². The molecule has 88 valence electrons. The summed E-state index contributed by atoms with van der Waals surface area (Å²) in [5.41, 5.74) is 0. The monoisotopic (exact) mass is 304 g/mol. The summed E-state index contributed by atoms with van der Waals surface area (Å²) in [7, 11) is -5.17. The van der Waals surface area contributed by atoms with Gasteiger partial charge in [0.2, 0.25) is 0 Å². The predicted molar refractivity (Wildman–Crippen MR) is 50.9 cm³/mol. The van der Waals surface area contributed by atoms with Crippen molar-refractivity contribution in [2.45, 2.75) is 39.5 Å². The van der Waals surface area contributed by atoms with Crippen LogP contribution < -0.4 is 103 Å². The first-order valence-electron chi connectivity index (χ1n) is 4.55. The molecule has 0 atom stereocenters. The number of rotatable bonds is 5. The zero-order chi connectivity index (χ0) is 11.6. The fraction of sp³-hybridized carbons (Fsp3) is 1.00. The van der Waals surface area contributed by atoms with Gasteiger partial charge in [-0.05, 0) is 12.3 Å². The van der Waals surface area contributed by atoms with Crippen molar-refractivity contribution in [3.63, 3.8) is 0 Å². The summed E-state index contributed by atoms with van der Waals surface area (Å²) in [5, 5.41) is 8.43. The molecule has 0 aliphatic carbocycles. The molecule has 16 heavy (non-hydrogen) atoms. The predicted octanol–water partition coefficient (Wildman–Crippen LogP) is -5.13. The van der Waals surface area contributed by atoms with Gasteiger partial charge in [0.15, 0.2) is 0 Å². The van der Waals surface area contributed by atoms with Crippen molar-refractivity contribution in [2.24, 2.45) is 5.92 Å². The molecule has 5 nitrogen and oxygen atoms in total. The Labute approximate surface area is 184 Å². The first kappa shape index (κ1) is 27.4. The summed E-state index contributed by atoms with van der Waals surface area (Å²) in [6.07, 6.45) is 4.75. The van der Waals surface area contributed by atoms with Crippen LogP contribution in [-0.4, -0.2) is 29.2 Å². The summed E-state index contributed by atoms with van der Waals surface area (Å²) >= 11 is 0. The zero-order valence-corrected chi connectivity index (χ0v) is 17.7. The quantitative estimate of drug-likeness (QED) is 0.237. The maximum absolute atomic E-state index is 8.52. The van der Waals surface area contributed by atoms with Gasteiger partial charge >= 0.3 is 103 Å². The molecule has 0 aliphatic rings. The molecule has 1 N–H and O–H groups in total. The van der Waals surface area contributed by atoms with Crippen molar-refractivity contribution in [2.75, 3.05) is 6.61 Å². The number of unbranched alkanes of at least 4 members (excludes halogenated alkanes) is 2. The van der Waals surface area contributed by atoms with Crippen LogP contribution >= 0.6 is 0 Å². The summed E-state index contributed by atoms with van der Waals surface area (Å²) in [5.74, 6) is 0.823. The Morgan fingerprint density at radius 2 is 1.44 bits per heavy atom. The normalized spacial score (nSPS) is 9.62. The first-order chi connectivity index (χ1) is 6.27. The Morgan fingerprint density at radius 3 is 1.69 bits per heavy atom. The van der Waals surface area contributed by atoms with E-state index in [-0.39, 0.29) is 103 Å². The molecule has 0 bridgehead atoms. The second kappa shape index (κ2) is 18.1. The number of hydrogen-bond donors (Lipinski definition) is 1. The minimum atomic E-state index is -5.17. The molecule has 0 heterocycles. The summed E-state index contributed by atoms with van der Waals surface area (Å²) < 4.78 is 34.1. The Kier molecular flexibility index (Phi) is 31.1. The standard InChI is InChI=1S/C8H18O.2K.H2O4S/c1-8(2)6-4-3-5-7-9;;;1-5(2,3)4/h8-9H,3-7H2,1-2H3;;;(H2,1,2,3,4)/q;2*+1;/p-2. The van der Waals surface area contributed by atoms with Gasteiger partial charge in [0.1, 0.15) is 0 Å². The minimum Gasteiger partial charge on any atom is -0.759 e. The third kappa shape index (κ3) is 53.5. The van der Waals surface area contributed by atoms with Crippen molar-refractivity contribution < 1.29 is 125 Å². The Hall–Kier alpha value is 3.10. The molecule has 0 radical (unpaired) electrons. The molecule has 0 amide bonds. The zero-order valence-electron chi connectivity index (χ0n) is 10.6. The van der Waals surface area contributed by atoms with Crippen LogP contribution in [0.3, 0.4) is 0 Å². The summed E-state index contributed by atoms with van der Waals surface area (Å²) in [6, 6.07) is 0. The third-order valence-electron chi connectivity index (χ3n) is 1.44. The molecule has 0 fully saturated rings. The molecule has 0 unspecified atom stereocenters. The van der Waals surface area contributed by atoms with Gasteiger partial charge in [-0.3, -0.25) is 8.42 Å². The second-order valence-corrected chi connectivity index (χ2v) is 4.19. The van der Waals surface area contributed by atoms with Gasteiger partial charge in [-0.15, -0.1) is 0 Å². The van der Waals surface area contributed by atoms with Gasteiger partial charge in [0.05, 0.1) is 0 Å². The van der Waals surface area contributed by atoms with E-state index in [2.05, 4.69) is 13.8 Å². The van der Waals surface area contributed by atoms with Crippen LogP contribution in [0.4, 0.5) is 0 Å². The number of aliphatic hydroxyl groups is 1. The van der Waals surface area contributed by atoms with Crippen molar-refractivity contribution in [3.05, 3.63) is 0 Å². The van der Waals surface area contributed by atoms with E-state index in [1.165, 1.54) is 19.3 Å². The molecule has 0 aromatic heterocycles. The van der Waals surface area contributed by atoms with Crippen LogP contribution in [0.2, 0.25) is 0 Å². The number of aliphatic hydroxyl groups excluding tert-OH is 1. The molecule has 0 aromatic rings. The molecular formula is C8H18K2O5S. The molecular weight excluding hydrogens is 286 g/mol. The molecule has 0 spiro atoms. The van der Waals surface area contributed by atoms with E-state index < -0.39 is 10.4 Å². The van der Waals surface area contributed by atoms with E-state index in [0.717, 1.165) is 12.3 Å². The molecule has 0 saturated heterocycles. The number of hydrogen-bond acceptors (Lipinski definition) is 5. The van der Waals surface area contributed by atoms with Gasteiger partial charge in [0, 0.05) is 17.0 Å². The van der Waals surface area contributed by atoms with Crippen LogP contribution in [0.25, 0.3) is 0 Å². The van der Waals surface area contributed by atoms with Crippen molar-refractivity contribution in [1.29, 1.82) is 0 Å². The average Bonchev–Trinajstić information content (AvgIpc) is 1.94. The van der Waals surface area contributed by atoms with Crippen LogP contribution in [0.1, 0.15) is 39.5 Å². The fourth-order valence-corrected chi connectivity index (χ4v) is 0.841. The van der Waals surface area contributed by atoms with Crippen LogP contribution in [-0.2, 0) is 10.4 Å². The Balaban J connectivity index is -0.0000000904. The van der Waals surface area contributed by atoms with Gasteiger partial charge in [0.25, 0.3) is 0 Å². The van der Waals surface area contributed by atoms with Crippen LogP contribution in [0, 0.1) is 5.92 Å². The Morgan fingerprint density at radius 1 is 1.06 bits per heavy atom. The van der Waals surface area contributed by atoms with Gasteiger partial charge in [-0.2, -0.15) is 0 Å². The van der Waals surface area contributed by atoms with Gasteiger partial charge in [-0.1, -0.05) is 33.1 Å².